The van der Waals surface area contributed by atoms with Gasteiger partial charge in [-0.15, -0.1) is 0 Å². The standard InChI is InChI=1S/C28H36N4O9/c1-6-7-8-31(12(2)3)16-11-17(32(40)41)22(33)19-14(16)9-13-10-15-21(30(4)5)24(35)20(27(29)38)26(37)28(15,39)25(36)18(13)23(19)34/h11-13,15,18,20-21,33,39H,6-10H2,1-5H3,(H2,29,38)/t13?,15?,18?,20?,21-,28-/m0/s1. The topological polar surface area (TPSA) is 201 Å². The van der Waals surface area contributed by atoms with Crippen LogP contribution in [-0.4, -0.2) is 87.4 Å². The van der Waals surface area contributed by atoms with Crippen molar-refractivity contribution in [2.45, 2.75) is 64.1 Å². The minimum Gasteiger partial charge on any atom is -0.502 e. The Bertz CT molecular complexity index is 1360. The molecule has 1 aromatic carbocycles. The molecule has 6 atom stereocenters. The Balaban J connectivity index is 1.93. The molecule has 1 amide bonds. The lowest BCUT2D eigenvalue weighted by atomic mass is 9.52. The number of phenolic OH excluding ortho intramolecular Hbond substituents is 1. The van der Waals surface area contributed by atoms with Gasteiger partial charge in [-0.25, -0.2) is 0 Å². The summed E-state index contributed by atoms with van der Waals surface area (Å²) in [5.41, 5.74) is 2.12. The molecule has 0 aromatic heterocycles. The van der Waals surface area contributed by atoms with E-state index in [2.05, 4.69) is 0 Å². The number of ketones is 4. The number of likely N-dealkylation sites (N-methyl/N-ethyl adjacent to an activating group) is 1. The smallest absolute Gasteiger partial charge is 0.313 e. The lowest BCUT2D eigenvalue weighted by Gasteiger charge is -2.52. The van der Waals surface area contributed by atoms with Crippen molar-refractivity contribution >= 4 is 40.4 Å². The summed E-state index contributed by atoms with van der Waals surface area (Å²) in [6, 6.07) is -0.0946. The zero-order valence-electron chi connectivity index (χ0n) is 23.7. The van der Waals surface area contributed by atoms with Crippen molar-refractivity contribution in [3.05, 3.63) is 27.3 Å². The van der Waals surface area contributed by atoms with Gasteiger partial charge in [0.25, 0.3) is 0 Å². The van der Waals surface area contributed by atoms with Crippen molar-refractivity contribution in [3.8, 4) is 5.75 Å². The number of nitrogens with two attached hydrogens (primary N) is 1. The Hall–Kier alpha value is -3.71. The Morgan fingerprint density at radius 3 is 2.37 bits per heavy atom. The van der Waals surface area contributed by atoms with Crippen LogP contribution in [0.3, 0.4) is 0 Å². The van der Waals surface area contributed by atoms with Gasteiger partial charge in [0.15, 0.2) is 34.7 Å². The molecule has 0 aliphatic heterocycles. The molecular formula is C28H36N4O9. The number of unbranched alkanes of at least 4 members (excludes halogenated alkanes) is 1. The fraction of sp³-hybridized carbons (Fsp3) is 0.607. The van der Waals surface area contributed by atoms with Crippen molar-refractivity contribution in [1.82, 2.24) is 4.90 Å². The summed E-state index contributed by atoms with van der Waals surface area (Å²) in [5, 5.41) is 34.6. The van der Waals surface area contributed by atoms with Crippen LogP contribution in [0.4, 0.5) is 11.4 Å². The quantitative estimate of drug-likeness (QED) is 0.226. The molecule has 0 radical (unpaired) electrons. The minimum atomic E-state index is -2.86. The van der Waals surface area contributed by atoms with Crippen molar-refractivity contribution in [3.63, 3.8) is 0 Å². The first kappa shape index (κ1) is 30.3. The monoisotopic (exact) mass is 572 g/mol. The van der Waals surface area contributed by atoms with Crippen LogP contribution in [0.2, 0.25) is 0 Å². The van der Waals surface area contributed by atoms with Crippen LogP contribution in [0.15, 0.2) is 6.07 Å². The third-order valence-electron chi connectivity index (χ3n) is 8.90. The lowest BCUT2D eigenvalue weighted by molar-refractivity contribution is -0.385. The molecule has 0 spiro atoms. The molecule has 0 heterocycles. The maximum atomic E-state index is 14.0. The maximum absolute atomic E-state index is 14.0. The minimum absolute atomic E-state index is 0.0298. The summed E-state index contributed by atoms with van der Waals surface area (Å²) in [6.07, 6.45) is 1.52. The Labute approximate surface area is 236 Å². The molecule has 2 saturated carbocycles. The highest BCUT2D eigenvalue weighted by atomic mass is 16.6. The van der Waals surface area contributed by atoms with E-state index in [-0.39, 0.29) is 24.4 Å². The molecule has 1 aromatic rings. The van der Waals surface area contributed by atoms with E-state index in [9.17, 15) is 44.3 Å². The van der Waals surface area contributed by atoms with Gasteiger partial charge in [0, 0.05) is 30.3 Å². The molecule has 0 bridgehead atoms. The second-order valence-corrected chi connectivity index (χ2v) is 11.8. The number of anilines is 1. The molecule has 222 valence electrons. The van der Waals surface area contributed by atoms with Crippen molar-refractivity contribution in [2.24, 2.45) is 29.4 Å². The molecule has 4 rings (SSSR count). The van der Waals surface area contributed by atoms with E-state index in [0.717, 1.165) is 12.8 Å². The number of hydrogen-bond acceptors (Lipinski definition) is 11. The van der Waals surface area contributed by atoms with Gasteiger partial charge in [0.1, 0.15) is 0 Å². The van der Waals surface area contributed by atoms with Gasteiger partial charge in [-0.1, -0.05) is 13.3 Å². The van der Waals surface area contributed by atoms with Gasteiger partial charge >= 0.3 is 5.69 Å². The second-order valence-electron chi connectivity index (χ2n) is 11.8. The number of carbonyl (C=O) groups excluding carboxylic acids is 5. The number of carbonyl (C=O) groups is 5. The fourth-order valence-corrected chi connectivity index (χ4v) is 7.02. The number of primary amides is 1. The van der Waals surface area contributed by atoms with Crippen molar-refractivity contribution in [1.29, 1.82) is 0 Å². The number of Topliss-reactive ketones (excluding diaryl/α,β-unsaturated/α-hetero) is 4. The van der Waals surface area contributed by atoms with E-state index >= 15 is 0 Å². The molecule has 3 aliphatic rings. The van der Waals surface area contributed by atoms with Crippen LogP contribution < -0.4 is 10.6 Å². The molecule has 0 saturated heterocycles. The number of rotatable bonds is 8. The van der Waals surface area contributed by atoms with Gasteiger partial charge < -0.3 is 20.8 Å². The van der Waals surface area contributed by atoms with Gasteiger partial charge in [-0.2, -0.15) is 0 Å². The third kappa shape index (κ3) is 4.42. The summed E-state index contributed by atoms with van der Waals surface area (Å²) in [5.74, 6) is -12.3. The molecule has 13 nitrogen and oxygen atoms in total. The molecule has 3 aliphatic carbocycles. The Morgan fingerprint density at radius 1 is 1.22 bits per heavy atom. The molecule has 4 unspecified atom stereocenters. The number of hydrogen-bond donors (Lipinski definition) is 3. The normalized spacial score (nSPS) is 29.3. The average molecular weight is 573 g/mol. The van der Waals surface area contributed by atoms with Crippen LogP contribution in [0, 0.1) is 33.8 Å². The van der Waals surface area contributed by atoms with Crippen LogP contribution in [-0.2, 0) is 25.6 Å². The summed E-state index contributed by atoms with van der Waals surface area (Å²) >= 11 is 0. The van der Waals surface area contributed by atoms with Crippen molar-refractivity contribution < 1.29 is 39.1 Å². The van der Waals surface area contributed by atoms with E-state index in [0.29, 0.717) is 17.8 Å². The Kier molecular flexibility index (Phi) is 7.82. The first-order chi connectivity index (χ1) is 19.1. The fourth-order valence-electron chi connectivity index (χ4n) is 7.02. The summed E-state index contributed by atoms with van der Waals surface area (Å²) in [6.45, 7) is 6.31. The first-order valence-electron chi connectivity index (χ1n) is 13.8. The maximum Gasteiger partial charge on any atom is 0.313 e. The summed E-state index contributed by atoms with van der Waals surface area (Å²) in [7, 11) is 3.02. The number of nitro benzene ring substituents is 1. The number of fused-ring (bicyclic) bond motifs is 3. The molecule has 2 fully saturated rings. The van der Waals surface area contributed by atoms with Crippen LogP contribution in [0.1, 0.15) is 56.0 Å². The molecule has 41 heavy (non-hydrogen) atoms. The largest absolute Gasteiger partial charge is 0.502 e. The number of nitro groups is 1. The van der Waals surface area contributed by atoms with E-state index in [4.69, 9.17) is 5.73 Å². The Morgan fingerprint density at radius 2 is 1.85 bits per heavy atom. The number of amides is 1. The van der Waals surface area contributed by atoms with E-state index in [1.165, 1.54) is 25.1 Å². The van der Waals surface area contributed by atoms with Gasteiger partial charge in [0.05, 0.1) is 22.4 Å². The average Bonchev–Trinajstić information content (AvgIpc) is 2.86. The zero-order chi connectivity index (χ0) is 30.7. The SMILES string of the molecule is CCCCN(c1cc([N+](=O)[O-])c(O)c2c1CC1CC3[C@H](N(C)C)C(=O)C(C(N)=O)C(=O)[C@@]3(O)C(=O)C1C2=O)C(C)C. The second kappa shape index (κ2) is 10.6. The molecular weight excluding hydrogens is 536 g/mol. The van der Waals surface area contributed by atoms with Crippen LogP contribution >= 0.6 is 0 Å². The number of benzene rings is 1. The van der Waals surface area contributed by atoms with Gasteiger partial charge in [-0.05, 0) is 58.7 Å². The highest BCUT2D eigenvalue weighted by molar-refractivity contribution is 6.32. The van der Waals surface area contributed by atoms with E-state index in [1.807, 2.05) is 25.7 Å². The molecule has 13 heteroatoms. The van der Waals surface area contributed by atoms with Crippen LogP contribution in [0.5, 0.6) is 5.75 Å². The van der Waals surface area contributed by atoms with E-state index < -0.39 is 80.7 Å². The number of phenols is 1. The predicted molar refractivity (Wildman–Crippen MR) is 145 cm³/mol. The van der Waals surface area contributed by atoms with Crippen LogP contribution in [0.25, 0.3) is 0 Å². The van der Waals surface area contributed by atoms with Gasteiger partial charge in [0.2, 0.25) is 11.7 Å². The highest BCUT2D eigenvalue weighted by Gasteiger charge is 2.69. The van der Waals surface area contributed by atoms with Gasteiger partial charge in [-0.3, -0.25) is 39.0 Å². The number of nitrogens with zero attached hydrogens (tertiary/aromatic N) is 3. The third-order valence-corrected chi connectivity index (χ3v) is 8.90. The summed E-state index contributed by atoms with van der Waals surface area (Å²) < 4.78 is 0. The summed E-state index contributed by atoms with van der Waals surface area (Å²) in [4.78, 5) is 81.2. The number of aliphatic hydroxyl groups is 1. The first-order valence-corrected chi connectivity index (χ1v) is 13.8. The lowest BCUT2D eigenvalue weighted by Crippen LogP contribution is -2.74. The van der Waals surface area contributed by atoms with E-state index in [1.54, 1.807) is 0 Å². The predicted octanol–water partition coefficient (Wildman–Crippen LogP) is 0.790. The number of aromatic hydroxyl groups is 1. The molecule has 4 N–H and O–H groups in total. The van der Waals surface area contributed by atoms with Crippen molar-refractivity contribution in [2.75, 3.05) is 25.5 Å². The zero-order valence-corrected chi connectivity index (χ0v) is 23.7. The highest BCUT2D eigenvalue weighted by Crippen LogP contribution is 2.53.